The second kappa shape index (κ2) is 5.84. The topological polar surface area (TPSA) is 194 Å². The molecule has 0 radical (unpaired) electrons. The first-order valence-electron chi connectivity index (χ1n) is 4.63. The number of nitrogens with one attached hydrogen (secondary N) is 1. The predicted octanol–water partition coefficient (Wildman–Crippen LogP) is -1.21. The number of hydrazine groups is 7. The summed E-state index contributed by atoms with van der Waals surface area (Å²) >= 11 is 0. The van der Waals surface area contributed by atoms with Gasteiger partial charge in [-0.3, -0.25) is 0 Å². The van der Waals surface area contributed by atoms with Gasteiger partial charge in [-0.15, -0.1) is 0 Å². The fraction of sp³-hybridized carbons (Fsp3) is 1.00. The van der Waals surface area contributed by atoms with E-state index in [1.54, 1.807) is 0 Å². The van der Waals surface area contributed by atoms with Crippen molar-refractivity contribution in [2.75, 3.05) is 0 Å². The lowest BCUT2D eigenvalue weighted by Crippen LogP contribution is -2.69. The minimum Gasteiger partial charge on any atom is -0.229 e. The summed E-state index contributed by atoms with van der Waals surface area (Å²) in [5, 5.41) is 32.9. The first-order chi connectivity index (χ1) is 8.88. The Labute approximate surface area is 109 Å². The highest BCUT2D eigenvalue weighted by Crippen LogP contribution is 2.08. The minimum absolute atomic E-state index is 0.542. The molecular formula is C4H10N8O8. The average Bonchev–Trinajstić information content (AvgIpc) is 2.11. The van der Waals surface area contributed by atoms with Gasteiger partial charge in [0.25, 0.3) is 0 Å². The molecule has 0 bridgehead atoms. The van der Waals surface area contributed by atoms with Crippen molar-refractivity contribution in [2.45, 2.75) is 26.3 Å². The Morgan fingerprint density at radius 3 is 1.15 bits per heavy atom. The van der Waals surface area contributed by atoms with Crippen molar-refractivity contribution < 1.29 is 20.1 Å². The van der Waals surface area contributed by atoms with E-state index in [0.717, 1.165) is 0 Å². The van der Waals surface area contributed by atoms with Crippen LogP contribution in [-0.4, -0.2) is 41.3 Å². The van der Waals surface area contributed by atoms with Gasteiger partial charge in [-0.2, -0.15) is 5.43 Å². The lowest BCUT2D eigenvalue weighted by molar-refractivity contribution is -1.04. The molecule has 16 heteroatoms. The van der Waals surface area contributed by atoms with Gasteiger partial charge < -0.3 is 0 Å². The zero-order chi connectivity index (χ0) is 16.2. The van der Waals surface area contributed by atoms with Crippen LogP contribution in [0.2, 0.25) is 0 Å². The maximum Gasteiger partial charge on any atom is 0.301 e. The van der Waals surface area contributed by atoms with E-state index < -0.39 is 41.3 Å². The van der Waals surface area contributed by atoms with Gasteiger partial charge in [-0.25, -0.2) is 40.5 Å². The highest BCUT2D eigenvalue weighted by atomic mass is 16.8. The van der Waals surface area contributed by atoms with Gasteiger partial charge in [0.15, 0.2) is 5.23 Å². The first-order valence-corrected chi connectivity index (χ1v) is 4.63. The molecule has 0 atom stereocenters. The highest BCUT2D eigenvalue weighted by Gasteiger charge is 2.54. The van der Waals surface area contributed by atoms with Crippen LogP contribution in [0.5, 0.6) is 0 Å². The molecule has 0 heterocycles. The summed E-state index contributed by atoms with van der Waals surface area (Å²) in [5.74, 6) is 0. The molecule has 0 fully saturated rings. The molecule has 0 aromatic carbocycles. The normalized spacial score (nSPS) is 11.0. The highest BCUT2D eigenvalue weighted by molar-refractivity contribution is 4.65. The molecule has 0 aliphatic carbocycles. The summed E-state index contributed by atoms with van der Waals surface area (Å²) in [6, 6.07) is 0. The molecule has 16 nitrogen and oxygen atoms in total. The van der Waals surface area contributed by atoms with Crippen LogP contribution in [0.25, 0.3) is 0 Å². The number of nitrogens with zero attached hydrogens (tertiary/aromatic N) is 7. The van der Waals surface area contributed by atoms with Gasteiger partial charge in [0, 0.05) is 5.54 Å². The summed E-state index contributed by atoms with van der Waals surface area (Å²) in [5.41, 5.74) is 0.700. The van der Waals surface area contributed by atoms with Crippen molar-refractivity contribution in [1.29, 1.82) is 0 Å². The van der Waals surface area contributed by atoms with Crippen molar-refractivity contribution in [3.8, 4) is 0 Å². The van der Waals surface area contributed by atoms with Gasteiger partial charge in [0.2, 0.25) is 20.1 Å². The third-order valence-electron chi connectivity index (χ3n) is 1.36. The van der Waals surface area contributed by atoms with Gasteiger partial charge in [-0.05, 0) is 20.8 Å². The van der Waals surface area contributed by atoms with Crippen molar-refractivity contribution in [2.24, 2.45) is 0 Å². The van der Waals surface area contributed by atoms with Crippen molar-refractivity contribution >= 4 is 0 Å². The summed E-state index contributed by atoms with van der Waals surface area (Å²) in [6.07, 6.45) is 0. The molecule has 0 aliphatic rings. The lowest BCUT2D eigenvalue weighted by Gasteiger charge is -2.25. The Morgan fingerprint density at radius 2 is 1.00 bits per heavy atom. The molecular weight excluding hydrogens is 288 g/mol. The Morgan fingerprint density at radius 1 is 0.750 bits per heavy atom. The minimum atomic E-state index is -1.68. The van der Waals surface area contributed by atoms with E-state index in [4.69, 9.17) is 0 Å². The molecule has 1 N–H and O–H groups in total. The monoisotopic (exact) mass is 298 g/mol. The van der Waals surface area contributed by atoms with Crippen LogP contribution in [-0.2, 0) is 0 Å². The third-order valence-corrected chi connectivity index (χ3v) is 1.36. The van der Waals surface area contributed by atoms with Gasteiger partial charge in [0.05, 0.1) is 0 Å². The summed E-state index contributed by atoms with van der Waals surface area (Å²) < 4.78 is 0. The largest absolute Gasteiger partial charge is 0.301 e. The Balaban J connectivity index is 5.79. The van der Waals surface area contributed by atoms with E-state index in [1.807, 2.05) is 5.43 Å². The van der Waals surface area contributed by atoms with Crippen LogP contribution in [0.4, 0.5) is 0 Å². The molecule has 0 aromatic rings. The van der Waals surface area contributed by atoms with E-state index in [1.165, 1.54) is 20.8 Å². The molecule has 0 saturated carbocycles. The van der Waals surface area contributed by atoms with E-state index in [2.05, 4.69) is 0 Å². The van der Waals surface area contributed by atoms with Crippen LogP contribution in [0, 0.1) is 40.5 Å². The summed E-state index contributed by atoms with van der Waals surface area (Å²) in [4.78, 5) is 42.2. The van der Waals surface area contributed by atoms with Gasteiger partial charge >= 0.3 is 10.5 Å². The van der Waals surface area contributed by atoms with E-state index >= 15 is 0 Å². The Hall–Kier alpha value is -2.88. The summed E-state index contributed by atoms with van der Waals surface area (Å²) in [7, 11) is 0. The number of nitro groups is 4. The fourth-order valence-corrected chi connectivity index (χ4v) is 0.857. The van der Waals surface area contributed by atoms with E-state index in [9.17, 15) is 40.5 Å². The van der Waals surface area contributed by atoms with Crippen molar-refractivity contribution in [3.63, 3.8) is 0 Å². The zero-order valence-electron chi connectivity index (χ0n) is 10.4. The van der Waals surface area contributed by atoms with E-state index in [0.29, 0.717) is 0 Å². The second-order valence-corrected chi connectivity index (χ2v) is 4.14. The van der Waals surface area contributed by atoms with Crippen molar-refractivity contribution in [1.82, 2.24) is 21.1 Å². The Bertz CT molecular complexity index is 371. The maximum atomic E-state index is 10.6. The smallest absolute Gasteiger partial charge is 0.229 e. The van der Waals surface area contributed by atoms with Crippen LogP contribution < -0.4 is 5.43 Å². The number of hydrogen-bond donors (Lipinski definition) is 1. The fourth-order valence-electron chi connectivity index (χ4n) is 0.857. The first kappa shape index (κ1) is 17.1. The van der Waals surface area contributed by atoms with Gasteiger partial charge in [-0.1, -0.05) is 0 Å². The van der Waals surface area contributed by atoms with Crippen LogP contribution in [0.1, 0.15) is 20.8 Å². The molecule has 0 saturated heterocycles. The van der Waals surface area contributed by atoms with Crippen LogP contribution >= 0.6 is 0 Å². The quantitative estimate of drug-likeness (QED) is 0.435. The average molecular weight is 298 g/mol. The second-order valence-electron chi connectivity index (χ2n) is 4.14. The standard InChI is InChI=1S/C4H10N8O8/c1-4(2,3)5-6(7(9(13)14)10(15)16)8(11(17)18)12(19)20/h5H,1-3H3. The SMILES string of the molecule is CC(C)(C)NN(N([N+](=O)[O-])[N+](=O)[O-])N([N+](=O)[O-])[N+](=O)[O-]. The summed E-state index contributed by atoms with van der Waals surface area (Å²) in [6.45, 7) is 3.95. The van der Waals surface area contributed by atoms with E-state index in [-0.39, 0.29) is 0 Å². The molecule has 0 amide bonds. The van der Waals surface area contributed by atoms with Gasteiger partial charge in [0.1, 0.15) is 0 Å². The third kappa shape index (κ3) is 4.42. The van der Waals surface area contributed by atoms with Crippen LogP contribution in [0.15, 0.2) is 0 Å². The lowest BCUT2D eigenvalue weighted by atomic mass is 10.1. The molecule has 0 rings (SSSR count). The maximum absolute atomic E-state index is 10.6. The molecule has 20 heavy (non-hydrogen) atoms. The van der Waals surface area contributed by atoms with Crippen LogP contribution in [0.3, 0.4) is 0 Å². The Kier molecular flexibility index (Phi) is 5.00. The molecule has 0 spiro atoms. The number of rotatable bonds is 7. The van der Waals surface area contributed by atoms with Crippen molar-refractivity contribution in [3.05, 3.63) is 40.5 Å². The predicted molar refractivity (Wildman–Crippen MR) is 56.4 cm³/mol. The molecule has 0 aromatic heterocycles. The molecule has 114 valence electrons. The zero-order valence-corrected chi connectivity index (χ0v) is 10.4. The molecule has 0 unspecified atom stereocenters. The molecule has 0 aliphatic heterocycles. The number of hydrogen-bond acceptors (Lipinski definition) is 10.